The molecule has 1 aliphatic carbocycles. The maximum Gasteiger partial charge on any atom is 0.573 e. The predicted molar refractivity (Wildman–Crippen MR) is 96.1 cm³/mol. The minimum atomic E-state index is -4.84. The van der Waals surface area contributed by atoms with Gasteiger partial charge >= 0.3 is 18.2 Å². The van der Waals surface area contributed by atoms with Crippen molar-refractivity contribution in [3.8, 4) is 11.5 Å². The zero-order valence-corrected chi connectivity index (χ0v) is 15.7. The fraction of sp³-hybridized carbons (Fsp3) is 0.579. The number of alkyl halides is 3. The molecule has 1 aromatic rings. The van der Waals surface area contributed by atoms with Gasteiger partial charge in [-0.15, -0.1) is 13.2 Å². The molecule has 9 heteroatoms. The number of hydrogen-bond acceptors (Lipinski definition) is 5. The van der Waals surface area contributed by atoms with Crippen LogP contribution in [-0.2, 0) is 4.79 Å². The average molecular weight is 400 g/mol. The molecule has 6 nitrogen and oxygen atoms in total. The summed E-state index contributed by atoms with van der Waals surface area (Å²) in [6.45, 7) is -0.182. The number of carbonyl (C=O) groups is 1. The summed E-state index contributed by atoms with van der Waals surface area (Å²) >= 11 is 0. The Morgan fingerprint density at radius 1 is 1.21 bits per heavy atom. The van der Waals surface area contributed by atoms with Crippen LogP contribution >= 0.6 is 0 Å². The summed E-state index contributed by atoms with van der Waals surface area (Å²) < 4.78 is 47.6. The molecule has 1 fully saturated rings. The van der Waals surface area contributed by atoms with Crippen LogP contribution < -0.4 is 20.1 Å². The Morgan fingerprint density at radius 3 is 2.43 bits per heavy atom. The topological polar surface area (TPSA) is 78.3 Å². The van der Waals surface area contributed by atoms with Gasteiger partial charge in [0, 0.05) is 0 Å². The van der Waals surface area contributed by atoms with Crippen molar-refractivity contribution in [2.24, 2.45) is 16.6 Å². The number of benzene rings is 1. The second-order valence-corrected chi connectivity index (χ2v) is 7.47. The van der Waals surface area contributed by atoms with E-state index in [-0.39, 0.29) is 24.2 Å². The van der Waals surface area contributed by atoms with Gasteiger partial charge in [-0.25, -0.2) is 9.69 Å². The van der Waals surface area contributed by atoms with Gasteiger partial charge < -0.3 is 15.2 Å². The van der Waals surface area contributed by atoms with E-state index in [9.17, 15) is 18.0 Å². The second-order valence-electron chi connectivity index (χ2n) is 7.47. The van der Waals surface area contributed by atoms with Crippen LogP contribution in [0.25, 0.3) is 0 Å². The molecule has 0 radical (unpaired) electrons. The van der Waals surface area contributed by atoms with E-state index >= 15 is 0 Å². The molecule has 1 amide bonds. The Hall–Kier alpha value is -2.29. The van der Waals surface area contributed by atoms with Gasteiger partial charge in [-0.2, -0.15) is 4.99 Å². The first-order valence-electron chi connectivity index (χ1n) is 9.42. The number of nitrogens with two attached hydrogens (primary N) is 1. The predicted octanol–water partition coefficient (Wildman–Crippen LogP) is 2.04. The molecule has 1 aromatic carbocycles. The van der Waals surface area contributed by atoms with E-state index in [1.54, 1.807) is 7.05 Å². The van der Waals surface area contributed by atoms with Crippen molar-refractivity contribution in [2.75, 3.05) is 13.7 Å². The zero-order valence-electron chi connectivity index (χ0n) is 15.7. The fourth-order valence-electron chi connectivity index (χ4n) is 3.97. The summed E-state index contributed by atoms with van der Waals surface area (Å²) in [4.78, 5) is 17.7. The zero-order chi connectivity index (χ0) is 20.4. The number of guanidine groups is 1. The third-order valence-electron chi connectivity index (χ3n) is 5.37. The van der Waals surface area contributed by atoms with Gasteiger partial charge in [-0.05, 0) is 24.5 Å². The van der Waals surface area contributed by atoms with Crippen molar-refractivity contribution in [1.82, 2.24) is 0 Å². The molecule has 2 unspecified atom stereocenters. The monoisotopic (exact) mass is 400 g/mol. The summed E-state index contributed by atoms with van der Waals surface area (Å²) in [6.07, 6.45) is 1.00. The first-order valence-corrected chi connectivity index (χ1v) is 9.42. The molecule has 3 rings (SSSR count). The van der Waals surface area contributed by atoms with E-state index in [1.807, 2.05) is 0 Å². The van der Waals surface area contributed by atoms with Crippen LogP contribution in [0.4, 0.5) is 13.2 Å². The van der Waals surface area contributed by atoms with Crippen molar-refractivity contribution in [2.45, 2.75) is 50.4 Å². The number of nitrogens with one attached hydrogen (secondary N) is 1. The Morgan fingerprint density at radius 2 is 1.86 bits per heavy atom. The van der Waals surface area contributed by atoms with Gasteiger partial charge in [0.2, 0.25) is 5.54 Å². The number of rotatable bonds is 6. The summed E-state index contributed by atoms with van der Waals surface area (Å²) in [6, 6.07) is 5.50. The number of aliphatic imine (C=N–C) groups is 1. The molecule has 1 heterocycles. The highest BCUT2D eigenvalue weighted by Gasteiger charge is 2.53. The molecule has 154 valence electrons. The standard InChI is InChI=1S/C19H24F3N3O3/c1-25-16(26)18(24-17(25)23,11-13-7-3-2-4-8-13)12-27-14-9-5-6-10-15(14)28-19(20,21)22/h5-6,9-10,13H,2-4,7-8,11-12H2,1H3,(H2,23,24)/p+1. The second kappa shape index (κ2) is 7.98. The SMILES string of the molecule is C[NH+]1C(=O)C(COc2ccccc2OC(F)(F)F)(CC2CCCCC2)N=C1N. The van der Waals surface area contributed by atoms with Crippen LogP contribution in [0.15, 0.2) is 29.3 Å². The fourth-order valence-corrected chi connectivity index (χ4v) is 3.97. The normalized spacial score (nSPS) is 26.2. The number of halogens is 3. The van der Waals surface area contributed by atoms with E-state index in [1.165, 1.54) is 30.7 Å². The smallest absolute Gasteiger partial charge is 0.486 e. The molecule has 2 aliphatic rings. The molecule has 0 aromatic heterocycles. The van der Waals surface area contributed by atoms with Gasteiger partial charge in [0.1, 0.15) is 6.61 Å². The van der Waals surface area contributed by atoms with Crippen LogP contribution in [0.3, 0.4) is 0 Å². The van der Waals surface area contributed by atoms with Gasteiger partial charge in [0.25, 0.3) is 0 Å². The van der Waals surface area contributed by atoms with Gasteiger partial charge in [0.05, 0.1) is 7.05 Å². The lowest BCUT2D eigenvalue weighted by Gasteiger charge is -2.29. The van der Waals surface area contributed by atoms with E-state index in [0.29, 0.717) is 17.2 Å². The number of ether oxygens (including phenoxy) is 2. The molecular formula is C19H25F3N3O3+. The highest BCUT2D eigenvalue weighted by atomic mass is 19.4. The van der Waals surface area contributed by atoms with Gasteiger partial charge in [0.15, 0.2) is 11.5 Å². The Bertz CT molecular complexity index is 747. The molecule has 3 N–H and O–H groups in total. The lowest BCUT2D eigenvalue weighted by Crippen LogP contribution is -3.15. The number of likely N-dealkylation sites (N-methyl/N-ethyl adjacent to an activating group) is 1. The van der Waals surface area contributed by atoms with Crippen LogP contribution in [0, 0.1) is 5.92 Å². The summed E-state index contributed by atoms with van der Waals surface area (Å²) in [5, 5.41) is 0. The van der Waals surface area contributed by atoms with Crippen LogP contribution in [0.5, 0.6) is 11.5 Å². The van der Waals surface area contributed by atoms with Gasteiger partial charge in [-0.1, -0.05) is 44.2 Å². The Balaban J connectivity index is 1.81. The molecule has 0 saturated heterocycles. The summed E-state index contributed by atoms with van der Waals surface area (Å²) in [5.74, 6) is -0.278. The van der Waals surface area contributed by atoms with E-state index < -0.39 is 17.7 Å². The van der Waals surface area contributed by atoms with Crippen molar-refractivity contribution in [3.05, 3.63) is 24.3 Å². The lowest BCUT2D eigenvalue weighted by atomic mass is 9.79. The number of hydrogen-bond donors (Lipinski definition) is 2. The minimum Gasteiger partial charge on any atom is -0.486 e. The first-order chi connectivity index (χ1) is 13.2. The molecule has 1 saturated carbocycles. The summed E-state index contributed by atoms with van der Waals surface area (Å²) in [7, 11) is 1.62. The molecule has 0 bridgehead atoms. The number of carbonyl (C=O) groups excluding carboxylic acids is 1. The average Bonchev–Trinajstić information content (AvgIpc) is 2.85. The van der Waals surface area contributed by atoms with E-state index in [2.05, 4.69) is 9.73 Å². The van der Waals surface area contributed by atoms with Crippen molar-refractivity contribution < 1.29 is 32.3 Å². The third kappa shape index (κ3) is 4.57. The van der Waals surface area contributed by atoms with Crippen molar-refractivity contribution in [1.29, 1.82) is 0 Å². The number of nitrogens with zero attached hydrogens (tertiary/aromatic N) is 1. The van der Waals surface area contributed by atoms with Crippen LogP contribution in [-0.4, -0.2) is 37.4 Å². The maximum absolute atomic E-state index is 12.9. The van der Waals surface area contributed by atoms with Gasteiger partial charge in [-0.3, -0.25) is 0 Å². The van der Waals surface area contributed by atoms with Crippen LogP contribution in [0.2, 0.25) is 0 Å². The van der Waals surface area contributed by atoms with Crippen LogP contribution in [0.1, 0.15) is 38.5 Å². The van der Waals surface area contributed by atoms with Crippen molar-refractivity contribution >= 4 is 11.9 Å². The molecule has 1 aliphatic heterocycles. The highest BCUT2D eigenvalue weighted by molar-refractivity contribution is 5.94. The molecule has 2 atom stereocenters. The maximum atomic E-state index is 12.9. The van der Waals surface area contributed by atoms with E-state index in [4.69, 9.17) is 10.5 Å². The molecule has 0 spiro atoms. The Labute approximate surface area is 161 Å². The first kappa shape index (κ1) is 20.4. The van der Waals surface area contributed by atoms with Crippen molar-refractivity contribution in [3.63, 3.8) is 0 Å². The Kier molecular flexibility index (Phi) is 5.83. The lowest BCUT2D eigenvalue weighted by molar-refractivity contribution is -0.694. The number of para-hydroxylation sites is 2. The molecular weight excluding hydrogens is 375 g/mol. The molecule has 28 heavy (non-hydrogen) atoms. The quantitative estimate of drug-likeness (QED) is 0.766. The number of quaternary nitrogens is 1. The van der Waals surface area contributed by atoms with E-state index in [0.717, 1.165) is 25.7 Å². The summed E-state index contributed by atoms with van der Waals surface area (Å²) in [5.41, 5.74) is 4.70. The third-order valence-corrected chi connectivity index (χ3v) is 5.37. The minimum absolute atomic E-state index is 0.0889. The largest absolute Gasteiger partial charge is 0.573 e. The highest BCUT2D eigenvalue weighted by Crippen LogP contribution is 2.36. The number of amides is 1.